The van der Waals surface area contributed by atoms with Crippen LogP contribution in [-0.2, 0) is 11.0 Å². The zero-order valence-electron chi connectivity index (χ0n) is 18.3. The minimum absolute atomic E-state index is 0.0461. The molecule has 0 unspecified atom stereocenters. The Bertz CT molecular complexity index is 1140. The van der Waals surface area contributed by atoms with E-state index in [2.05, 4.69) is 30.9 Å². The molecule has 2 aromatic heterocycles. The maximum atomic E-state index is 13.3. The summed E-state index contributed by atoms with van der Waals surface area (Å²) in [4.78, 5) is 36.6. The number of hydrogen-bond donors (Lipinski definition) is 3. The molecule has 34 heavy (non-hydrogen) atoms. The molecule has 0 atom stereocenters. The first kappa shape index (κ1) is 24.4. The molecule has 178 valence electrons. The van der Waals surface area contributed by atoms with Gasteiger partial charge in [-0.25, -0.2) is 4.98 Å². The van der Waals surface area contributed by atoms with Gasteiger partial charge < -0.3 is 20.9 Å². The Hall–Kier alpha value is -4.22. The van der Waals surface area contributed by atoms with Crippen LogP contribution in [0.3, 0.4) is 0 Å². The van der Waals surface area contributed by atoms with Gasteiger partial charge in [-0.05, 0) is 36.4 Å². The molecule has 0 saturated heterocycles. The van der Waals surface area contributed by atoms with Crippen molar-refractivity contribution in [2.45, 2.75) is 13.1 Å². The first-order chi connectivity index (χ1) is 16.1. The second-order valence-electron chi connectivity index (χ2n) is 7.11. The van der Waals surface area contributed by atoms with E-state index in [0.29, 0.717) is 23.3 Å². The third-order valence-electron chi connectivity index (χ3n) is 4.58. The molecule has 3 rings (SSSR count). The molecule has 0 fully saturated rings. The number of pyridine rings is 1. The van der Waals surface area contributed by atoms with E-state index in [0.717, 1.165) is 0 Å². The van der Waals surface area contributed by atoms with Crippen molar-refractivity contribution < 1.29 is 22.8 Å². The highest BCUT2D eigenvalue weighted by Crippen LogP contribution is 2.34. The van der Waals surface area contributed by atoms with Gasteiger partial charge in [0.15, 0.2) is 0 Å². The Morgan fingerprint density at radius 3 is 2.38 bits per heavy atom. The van der Waals surface area contributed by atoms with E-state index >= 15 is 0 Å². The zero-order valence-corrected chi connectivity index (χ0v) is 18.3. The Labute approximate surface area is 193 Å². The summed E-state index contributed by atoms with van der Waals surface area (Å²) in [7, 11) is 1.61. The number of nitrogens with one attached hydrogen (secondary N) is 3. The van der Waals surface area contributed by atoms with Crippen LogP contribution >= 0.6 is 0 Å². The number of hydrogen-bond acceptors (Lipinski definition) is 7. The average Bonchev–Trinajstić information content (AvgIpc) is 2.81. The molecular formula is C22H22F3N7O2. The van der Waals surface area contributed by atoms with Gasteiger partial charge in [0.1, 0.15) is 17.1 Å². The van der Waals surface area contributed by atoms with Crippen LogP contribution in [0.1, 0.15) is 23.0 Å². The van der Waals surface area contributed by atoms with Gasteiger partial charge in [0, 0.05) is 50.8 Å². The number of benzene rings is 1. The Balaban J connectivity index is 1.72. The molecular weight excluding hydrogens is 451 g/mol. The molecule has 12 heteroatoms. The fraction of sp³-hybridized carbons (Fsp3) is 0.227. The lowest BCUT2D eigenvalue weighted by Gasteiger charge is -2.17. The third kappa shape index (κ3) is 6.40. The minimum atomic E-state index is -4.65. The van der Waals surface area contributed by atoms with Gasteiger partial charge in [0.2, 0.25) is 11.9 Å². The van der Waals surface area contributed by atoms with Crippen molar-refractivity contribution in [1.82, 2.24) is 20.3 Å². The number of nitrogens with zero attached hydrogens (tertiary/aromatic N) is 4. The van der Waals surface area contributed by atoms with Gasteiger partial charge in [-0.15, -0.1) is 0 Å². The van der Waals surface area contributed by atoms with Crippen LogP contribution in [0.15, 0.2) is 54.9 Å². The van der Waals surface area contributed by atoms with Crippen molar-refractivity contribution in [3.05, 3.63) is 66.1 Å². The Kier molecular flexibility index (Phi) is 7.61. The van der Waals surface area contributed by atoms with Gasteiger partial charge in [-0.3, -0.25) is 14.6 Å². The van der Waals surface area contributed by atoms with Crippen molar-refractivity contribution in [1.29, 1.82) is 0 Å². The summed E-state index contributed by atoms with van der Waals surface area (Å²) in [6.07, 6.45) is -2.44. The normalized spacial score (nSPS) is 11.0. The van der Waals surface area contributed by atoms with Crippen LogP contribution in [0.25, 0.3) is 0 Å². The number of halogens is 3. The quantitative estimate of drug-likeness (QED) is 0.430. The maximum Gasteiger partial charge on any atom is 0.421 e. The summed E-state index contributed by atoms with van der Waals surface area (Å²) >= 11 is 0. The first-order valence-corrected chi connectivity index (χ1v) is 10.1. The smallest absolute Gasteiger partial charge is 0.368 e. The van der Waals surface area contributed by atoms with E-state index in [9.17, 15) is 22.8 Å². The molecule has 3 aromatic rings. The lowest BCUT2D eigenvalue weighted by atomic mass is 10.2. The highest BCUT2D eigenvalue weighted by molar-refractivity contribution is 6.04. The molecule has 0 aliphatic heterocycles. The molecule has 3 N–H and O–H groups in total. The van der Waals surface area contributed by atoms with E-state index < -0.39 is 17.6 Å². The standard InChI is InChI=1S/C22H22F3N7O2/c1-14(33)26-11-12-28-19-17(22(23,24)25)13-29-21(31-19)30-15-6-8-16(9-7-15)32(2)20(34)18-5-3-4-10-27-18/h3-10,13H,11-12H2,1-2H3,(H,26,33)(H2,28,29,30,31). The Morgan fingerprint density at radius 2 is 1.76 bits per heavy atom. The van der Waals surface area contributed by atoms with Gasteiger partial charge in [-0.2, -0.15) is 18.2 Å². The molecule has 9 nitrogen and oxygen atoms in total. The lowest BCUT2D eigenvalue weighted by molar-refractivity contribution is -0.137. The highest BCUT2D eigenvalue weighted by atomic mass is 19.4. The zero-order chi connectivity index (χ0) is 24.7. The highest BCUT2D eigenvalue weighted by Gasteiger charge is 2.35. The van der Waals surface area contributed by atoms with Gasteiger partial charge in [0.25, 0.3) is 5.91 Å². The van der Waals surface area contributed by atoms with Gasteiger partial charge >= 0.3 is 6.18 Å². The number of aromatic nitrogens is 3. The van der Waals surface area contributed by atoms with Crippen LogP contribution < -0.4 is 20.9 Å². The predicted molar refractivity (Wildman–Crippen MR) is 121 cm³/mol. The van der Waals surface area contributed by atoms with Gasteiger partial charge in [0.05, 0.1) is 0 Å². The lowest BCUT2D eigenvalue weighted by Crippen LogP contribution is -2.27. The van der Waals surface area contributed by atoms with E-state index in [1.807, 2.05) is 0 Å². The number of carbonyl (C=O) groups excluding carboxylic acids is 2. The van der Waals surface area contributed by atoms with Crippen molar-refractivity contribution >= 4 is 35.0 Å². The van der Waals surface area contributed by atoms with E-state index in [4.69, 9.17) is 0 Å². The SMILES string of the molecule is CC(=O)NCCNc1nc(Nc2ccc(N(C)C(=O)c3ccccn3)cc2)ncc1C(F)(F)F. The fourth-order valence-corrected chi connectivity index (χ4v) is 2.88. The van der Waals surface area contributed by atoms with E-state index in [1.54, 1.807) is 49.5 Å². The first-order valence-electron chi connectivity index (χ1n) is 10.1. The van der Waals surface area contributed by atoms with Crippen molar-refractivity contribution in [3.8, 4) is 0 Å². The average molecular weight is 473 g/mol. The summed E-state index contributed by atoms with van der Waals surface area (Å²) in [5, 5.41) is 7.91. The third-order valence-corrected chi connectivity index (χ3v) is 4.58. The number of carbonyl (C=O) groups is 2. The largest absolute Gasteiger partial charge is 0.421 e. The second kappa shape index (κ2) is 10.6. The molecule has 0 aliphatic rings. The summed E-state index contributed by atoms with van der Waals surface area (Å²) in [5.74, 6) is -1.05. The summed E-state index contributed by atoms with van der Waals surface area (Å²) in [5.41, 5.74) is 0.371. The molecule has 0 saturated carbocycles. The molecule has 0 aliphatic carbocycles. The van der Waals surface area contributed by atoms with Crippen LogP contribution in [0.5, 0.6) is 0 Å². The summed E-state index contributed by atoms with van der Waals surface area (Å²) in [6, 6.07) is 11.7. The summed E-state index contributed by atoms with van der Waals surface area (Å²) in [6.45, 7) is 1.49. The molecule has 1 aromatic carbocycles. The predicted octanol–water partition coefficient (Wildman–Crippen LogP) is 3.46. The van der Waals surface area contributed by atoms with Crippen LogP contribution in [0, 0.1) is 0 Å². The number of amides is 2. The molecule has 0 bridgehead atoms. The van der Waals surface area contributed by atoms with E-state index in [-0.39, 0.29) is 30.9 Å². The van der Waals surface area contributed by atoms with Crippen molar-refractivity contribution in [2.75, 3.05) is 35.7 Å². The number of rotatable bonds is 8. The monoisotopic (exact) mass is 473 g/mol. The van der Waals surface area contributed by atoms with Crippen LogP contribution in [-0.4, -0.2) is 46.9 Å². The second-order valence-corrected chi connectivity index (χ2v) is 7.11. The van der Waals surface area contributed by atoms with Crippen LogP contribution in [0.4, 0.5) is 36.3 Å². The molecule has 2 heterocycles. The molecule has 0 radical (unpaired) electrons. The Morgan fingerprint density at radius 1 is 1.03 bits per heavy atom. The van der Waals surface area contributed by atoms with Crippen LogP contribution in [0.2, 0.25) is 0 Å². The van der Waals surface area contributed by atoms with Gasteiger partial charge in [-0.1, -0.05) is 6.07 Å². The molecule has 0 spiro atoms. The van der Waals surface area contributed by atoms with Crippen molar-refractivity contribution in [3.63, 3.8) is 0 Å². The fourth-order valence-electron chi connectivity index (χ4n) is 2.88. The number of alkyl halides is 3. The minimum Gasteiger partial charge on any atom is -0.368 e. The summed E-state index contributed by atoms with van der Waals surface area (Å²) < 4.78 is 39.9. The maximum absolute atomic E-state index is 13.3. The number of anilines is 4. The molecule has 2 amide bonds. The topological polar surface area (TPSA) is 112 Å². The van der Waals surface area contributed by atoms with E-state index in [1.165, 1.54) is 18.0 Å². The van der Waals surface area contributed by atoms with Crippen molar-refractivity contribution in [2.24, 2.45) is 0 Å².